The van der Waals surface area contributed by atoms with Crippen molar-refractivity contribution in [2.75, 3.05) is 39.6 Å². The van der Waals surface area contributed by atoms with Gasteiger partial charge in [-0.15, -0.1) is 0 Å². The molecule has 0 saturated heterocycles. The molecule has 6 atom stereocenters. The molecule has 0 aromatic rings. The molecule has 0 spiro atoms. The monoisotopic (exact) mass is 1440 g/mol. The molecule has 17 nitrogen and oxygen atoms in total. The van der Waals surface area contributed by atoms with Crippen molar-refractivity contribution in [1.82, 2.24) is 0 Å². The number of ether oxygens (including phenoxy) is 4. The number of carbonyl (C=O) groups excluding carboxylic acids is 4. The second-order valence-corrected chi connectivity index (χ2v) is 32.6. The van der Waals surface area contributed by atoms with Crippen molar-refractivity contribution in [3.63, 3.8) is 0 Å². The fourth-order valence-electron chi connectivity index (χ4n) is 12.1. The molecular weight excluding hydrogens is 1280 g/mol. The van der Waals surface area contributed by atoms with Gasteiger partial charge in [-0.05, 0) is 43.4 Å². The standard InChI is InChI=1S/C79H154O17P2/c1-8-10-11-12-13-14-15-16-17-18-22-25-32-39-46-53-60-76(81)89-66-74(95-78(83)62-55-48-41-33-26-23-20-19-21-24-31-38-45-52-59-72(7)9-2)68-93-97(85,86)91-64-73(80)65-92-98(87,88)94-69-75(96-79(84)63-56-49-42-35-28-30-37-44-51-58-71(5)6)67-90-77(82)61-54-47-40-34-27-29-36-43-50-57-70(3)4/h70-75,80H,8-69H2,1-7H3,(H,85,86)(H,87,88)/t72?,73-,74-,75-/m1/s1. The molecule has 3 unspecified atom stereocenters. The number of phosphoric acid groups is 2. The number of carbonyl (C=O) groups is 4. The van der Waals surface area contributed by atoms with Crippen molar-refractivity contribution in [3.05, 3.63) is 0 Å². The van der Waals surface area contributed by atoms with Crippen molar-refractivity contribution in [3.8, 4) is 0 Å². The van der Waals surface area contributed by atoms with Gasteiger partial charge >= 0.3 is 39.5 Å². The van der Waals surface area contributed by atoms with Crippen molar-refractivity contribution < 1.29 is 80.2 Å². The van der Waals surface area contributed by atoms with E-state index in [9.17, 15) is 43.2 Å². The molecule has 0 heterocycles. The maximum absolute atomic E-state index is 13.1. The number of hydrogen-bond donors (Lipinski definition) is 3. The highest BCUT2D eigenvalue weighted by Gasteiger charge is 2.30. The third-order valence-corrected chi connectivity index (χ3v) is 20.6. The van der Waals surface area contributed by atoms with E-state index in [0.717, 1.165) is 108 Å². The average molecular weight is 1440 g/mol. The lowest BCUT2D eigenvalue weighted by Gasteiger charge is -2.21. The predicted molar refractivity (Wildman–Crippen MR) is 400 cm³/mol. The van der Waals surface area contributed by atoms with Gasteiger partial charge in [0, 0.05) is 25.7 Å². The molecule has 582 valence electrons. The zero-order valence-corrected chi connectivity index (χ0v) is 66.0. The molecule has 0 bridgehead atoms. The van der Waals surface area contributed by atoms with E-state index in [4.69, 9.17) is 37.0 Å². The molecule has 0 aliphatic carbocycles. The summed E-state index contributed by atoms with van der Waals surface area (Å²) < 4.78 is 68.7. The van der Waals surface area contributed by atoms with Crippen LogP contribution in [0.3, 0.4) is 0 Å². The topological polar surface area (TPSA) is 237 Å². The molecule has 0 aromatic heterocycles. The summed E-state index contributed by atoms with van der Waals surface area (Å²) in [6.45, 7) is 11.9. The summed E-state index contributed by atoms with van der Waals surface area (Å²) in [5.74, 6) is 0.213. The minimum atomic E-state index is -4.96. The number of aliphatic hydroxyl groups is 1. The van der Waals surface area contributed by atoms with E-state index in [1.54, 1.807) is 0 Å². The molecule has 0 radical (unpaired) electrons. The van der Waals surface area contributed by atoms with E-state index in [2.05, 4.69) is 48.5 Å². The maximum atomic E-state index is 13.1. The molecule has 19 heteroatoms. The number of hydrogen-bond acceptors (Lipinski definition) is 15. The fraction of sp³-hybridized carbons (Fsp3) is 0.949. The number of esters is 4. The highest BCUT2D eigenvalue weighted by Crippen LogP contribution is 2.45. The third kappa shape index (κ3) is 71.1. The average Bonchev–Trinajstić information content (AvgIpc) is 0.937. The Morgan fingerprint density at radius 2 is 0.520 bits per heavy atom. The number of unbranched alkanes of at least 4 members (excludes halogenated alkanes) is 44. The highest BCUT2D eigenvalue weighted by atomic mass is 31.2. The van der Waals surface area contributed by atoms with Gasteiger partial charge in [-0.3, -0.25) is 37.3 Å². The Bertz CT molecular complexity index is 1910. The van der Waals surface area contributed by atoms with Crippen LogP contribution in [-0.2, 0) is 65.4 Å². The van der Waals surface area contributed by atoms with E-state index < -0.39 is 97.5 Å². The van der Waals surface area contributed by atoms with Crippen LogP contribution in [-0.4, -0.2) is 96.7 Å². The predicted octanol–water partition coefficient (Wildman–Crippen LogP) is 23.4. The van der Waals surface area contributed by atoms with E-state index in [-0.39, 0.29) is 25.7 Å². The second kappa shape index (κ2) is 69.4. The Hall–Kier alpha value is -1.94. The smallest absolute Gasteiger partial charge is 0.462 e. The molecule has 0 rings (SSSR count). The summed E-state index contributed by atoms with van der Waals surface area (Å²) >= 11 is 0. The first-order valence-electron chi connectivity index (χ1n) is 40.9. The Balaban J connectivity index is 5.26. The summed E-state index contributed by atoms with van der Waals surface area (Å²) in [5, 5.41) is 10.6. The van der Waals surface area contributed by atoms with Crippen molar-refractivity contribution in [2.24, 2.45) is 17.8 Å². The summed E-state index contributed by atoms with van der Waals surface area (Å²) in [4.78, 5) is 73.0. The molecule has 0 fully saturated rings. The van der Waals surface area contributed by atoms with Crippen LogP contribution in [0, 0.1) is 17.8 Å². The number of phosphoric ester groups is 2. The van der Waals surface area contributed by atoms with Gasteiger partial charge in [-0.2, -0.15) is 0 Å². The van der Waals surface area contributed by atoms with E-state index in [1.807, 2.05) is 0 Å². The molecule has 0 aromatic carbocycles. The first-order valence-corrected chi connectivity index (χ1v) is 43.9. The van der Waals surface area contributed by atoms with Crippen molar-refractivity contribution >= 4 is 39.5 Å². The number of rotatable bonds is 77. The molecule has 3 N–H and O–H groups in total. The van der Waals surface area contributed by atoms with Gasteiger partial charge in [0.25, 0.3) is 0 Å². The largest absolute Gasteiger partial charge is 0.472 e. The van der Waals surface area contributed by atoms with Crippen LogP contribution in [0.15, 0.2) is 0 Å². The summed E-state index contributed by atoms with van der Waals surface area (Å²) in [6, 6.07) is 0. The van der Waals surface area contributed by atoms with Gasteiger partial charge in [0.15, 0.2) is 12.2 Å². The van der Waals surface area contributed by atoms with Crippen LogP contribution < -0.4 is 0 Å². The van der Waals surface area contributed by atoms with Gasteiger partial charge < -0.3 is 33.8 Å². The van der Waals surface area contributed by atoms with Gasteiger partial charge in [0.05, 0.1) is 26.4 Å². The summed E-state index contributed by atoms with van der Waals surface area (Å²) in [6.07, 6.45) is 56.8. The SMILES string of the molecule is CCCCCCCCCCCCCCCCCCC(=O)OC[C@H](COP(=O)(O)OC[C@@H](O)COP(=O)(O)OC[C@@H](COC(=O)CCCCCCCCCCCC(C)C)OC(=O)CCCCCCCCCCCC(C)C)OC(=O)CCCCCCCCCCCCCCCCC(C)CC. The maximum Gasteiger partial charge on any atom is 0.472 e. The van der Waals surface area contributed by atoms with E-state index in [0.29, 0.717) is 25.7 Å². The van der Waals surface area contributed by atoms with Crippen LogP contribution in [0.1, 0.15) is 408 Å². The van der Waals surface area contributed by atoms with Crippen LogP contribution in [0.5, 0.6) is 0 Å². The van der Waals surface area contributed by atoms with E-state index >= 15 is 0 Å². The first-order chi connectivity index (χ1) is 47.3. The molecule has 98 heavy (non-hydrogen) atoms. The van der Waals surface area contributed by atoms with Gasteiger partial charge in [-0.25, -0.2) is 9.13 Å². The Kier molecular flexibility index (Phi) is 68.1. The fourth-order valence-corrected chi connectivity index (χ4v) is 13.7. The lowest BCUT2D eigenvalue weighted by atomic mass is 9.99. The normalized spacial score (nSPS) is 14.3. The molecule has 0 saturated carbocycles. The van der Waals surface area contributed by atoms with Gasteiger partial charge in [0.2, 0.25) is 0 Å². The second-order valence-electron chi connectivity index (χ2n) is 29.6. The van der Waals surface area contributed by atoms with Crippen LogP contribution in [0.2, 0.25) is 0 Å². The van der Waals surface area contributed by atoms with Crippen molar-refractivity contribution in [1.29, 1.82) is 0 Å². The minimum absolute atomic E-state index is 0.105. The third-order valence-electron chi connectivity index (χ3n) is 18.7. The molecule has 0 amide bonds. The molecular formula is C79H154O17P2. The molecule has 0 aliphatic heterocycles. The Labute approximate surface area is 600 Å². The Morgan fingerprint density at radius 3 is 0.776 bits per heavy atom. The van der Waals surface area contributed by atoms with Crippen LogP contribution in [0.4, 0.5) is 0 Å². The zero-order valence-electron chi connectivity index (χ0n) is 64.3. The van der Waals surface area contributed by atoms with Crippen LogP contribution in [0.25, 0.3) is 0 Å². The minimum Gasteiger partial charge on any atom is -0.462 e. The lowest BCUT2D eigenvalue weighted by Crippen LogP contribution is -2.30. The van der Waals surface area contributed by atoms with Crippen molar-refractivity contribution in [2.45, 2.75) is 426 Å². The summed E-state index contributed by atoms with van der Waals surface area (Å²) in [5.41, 5.74) is 0. The Morgan fingerprint density at radius 1 is 0.296 bits per heavy atom. The quantitative estimate of drug-likeness (QED) is 0.0222. The zero-order chi connectivity index (χ0) is 72.3. The highest BCUT2D eigenvalue weighted by molar-refractivity contribution is 7.47. The van der Waals surface area contributed by atoms with Gasteiger partial charge in [-0.1, -0.05) is 357 Å². The van der Waals surface area contributed by atoms with Crippen LogP contribution >= 0.6 is 15.6 Å². The molecule has 0 aliphatic rings. The summed E-state index contributed by atoms with van der Waals surface area (Å²) in [7, 11) is -9.92. The van der Waals surface area contributed by atoms with E-state index in [1.165, 1.54) is 218 Å². The van der Waals surface area contributed by atoms with Gasteiger partial charge in [0.1, 0.15) is 19.3 Å². The number of aliphatic hydroxyl groups excluding tert-OH is 1. The lowest BCUT2D eigenvalue weighted by molar-refractivity contribution is -0.161. The first kappa shape index (κ1) is 96.1.